The van der Waals surface area contributed by atoms with Gasteiger partial charge in [-0.15, -0.1) is 11.3 Å². The number of carbonyl (C=O) groups excluding carboxylic acids is 1. The predicted molar refractivity (Wildman–Crippen MR) is 120 cm³/mol. The lowest BCUT2D eigenvalue weighted by Crippen LogP contribution is -2.14. The molecule has 4 aromatic rings. The van der Waals surface area contributed by atoms with Crippen molar-refractivity contribution in [3.05, 3.63) is 64.7 Å². The molecule has 0 spiro atoms. The molecule has 1 N–H and O–H groups in total. The van der Waals surface area contributed by atoms with Gasteiger partial charge in [-0.1, -0.05) is 30.3 Å². The quantitative estimate of drug-likeness (QED) is 0.446. The Balaban J connectivity index is 1.44. The van der Waals surface area contributed by atoms with E-state index in [-0.39, 0.29) is 5.91 Å². The summed E-state index contributed by atoms with van der Waals surface area (Å²) >= 11 is 1.39. The first kappa shape index (κ1) is 19.3. The van der Waals surface area contributed by atoms with Gasteiger partial charge in [-0.3, -0.25) is 14.8 Å². The smallest absolute Gasteiger partial charge is 0.278 e. The molecule has 8 heteroatoms. The highest BCUT2D eigenvalue weighted by Crippen LogP contribution is 2.43. The van der Waals surface area contributed by atoms with Gasteiger partial charge in [0.05, 0.1) is 25.6 Å². The van der Waals surface area contributed by atoms with E-state index < -0.39 is 0 Å². The van der Waals surface area contributed by atoms with Crippen LogP contribution in [0, 0.1) is 0 Å². The summed E-state index contributed by atoms with van der Waals surface area (Å²) in [7, 11) is 5.07. The SMILES string of the molecule is COc1cc2c(cc1OC)-c1c(c(C(=O)Nc3nc(-c4ccccc4)cs3)nn1C)C2. The number of rotatable bonds is 5. The van der Waals surface area contributed by atoms with Gasteiger partial charge in [-0.2, -0.15) is 5.10 Å². The molecule has 0 unspecified atom stereocenters. The Morgan fingerprint density at radius 3 is 2.61 bits per heavy atom. The lowest BCUT2D eigenvalue weighted by Gasteiger charge is -2.11. The molecule has 0 radical (unpaired) electrons. The number of aromatic nitrogens is 3. The van der Waals surface area contributed by atoms with Crippen LogP contribution in [0.3, 0.4) is 0 Å². The highest BCUT2D eigenvalue weighted by atomic mass is 32.1. The monoisotopic (exact) mass is 432 g/mol. The molecule has 0 atom stereocenters. The van der Waals surface area contributed by atoms with Crippen LogP contribution >= 0.6 is 11.3 Å². The van der Waals surface area contributed by atoms with Crippen molar-refractivity contribution in [2.24, 2.45) is 7.05 Å². The van der Waals surface area contributed by atoms with Gasteiger partial charge in [0, 0.05) is 35.5 Å². The van der Waals surface area contributed by atoms with Gasteiger partial charge in [0.2, 0.25) is 0 Å². The first-order valence-corrected chi connectivity index (χ1v) is 10.6. The number of hydrogen-bond donors (Lipinski definition) is 1. The number of carbonyl (C=O) groups is 1. The number of amides is 1. The van der Waals surface area contributed by atoms with Crippen LogP contribution < -0.4 is 14.8 Å². The van der Waals surface area contributed by atoms with E-state index in [9.17, 15) is 4.79 Å². The van der Waals surface area contributed by atoms with Crippen molar-refractivity contribution in [1.82, 2.24) is 14.8 Å². The van der Waals surface area contributed by atoms with E-state index in [1.165, 1.54) is 11.3 Å². The van der Waals surface area contributed by atoms with E-state index >= 15 is 0 Å². The van der Waals surface area contributed by atoms with Crippen LogP contribution in [0.25, 0.3) is 22.5 Å². The van der Waals surface area contributed by atoms with Gasteiger partial charge in [0.1, 0.15) is 0 Å². The third kappa shape index (κ3) is 3.25. The molecular weight excluding hydrogens is 412 g/mol. The molecule has 1 amide bonds. The lowest BCUT2D eigenvalue weighted by molar-refractivity contribution is 0.102. The van der Waals surface area contributed by atoms with Crippen molar-refractivity contribution in [3.8, 4) is 34.0 Å². The number of benzene rings is 2. The number of ether oxygens (including phenoxy) is 2. The van der Waals surface area contributed by atoms with E-state index in [0.717, 1.165) is 33.6 Å². The van der Waals surface area contributed by atoms with Gasteiger partial charge in [0.15, 0.2) is 22.3 Å². The van der Waals surface area contributed by atoms with E-state index in [0.29, 0.717) is 28.7 Å². The maximum absolute atomic E-state index is 13.1. The molecule has 2 heterocycles. The maximum atomic E-state index is 13.1. The summed E-state index contributed by atoms with van der Waals surface area (Å²) in [4.78, 5) is 17.6. The van der Waals surface area contributed by atoms with Gasteiger partial charge >= 0.3 is 0 Å². The van der Waals surface area contributed by atoms with Crippen LogP contribution in [-0.4, -0.2) is 34.9 Å². The Hall–Kier alpha value is -3.65. The highest BCUT2D eigenvalue weighted by molar-refractivity contribution is 7.14. The zero-order valence-electron chi connectivity index (χ0n) is 17.3. The highest BCUT2D eigenvalue weighted by Gasteiger charge is 2.31. The fraction of sp³-hybridized carbons (Fsp3) is 0.174. The Bertz CT molecular complexity index is 1290. The van der Waals surface area contributed by atoms with Gasteiger partial charge in [-0.25, -0.2) is 4.98 Å². The molecule has 156 valence electrons. The molecule has 5 rings (SSSR count). The van der Waals surface area contributed by atoms with Crippen LogP contribution in [0.4, 0.5) is 5.13 Å². The van der Waals surface area contributed by atoms with Gasteiger partial charge < -0.3 is 9.47 Å². The molecule has 1 aliphatic rings. The molecule has 2 aromatic carbocycles. The topological polar surface area (TPSA) is 78.3 Å². The van der Waals surface area contributed by atoms with Crippen molar-refractivity contribution in [3.63, 3.8) is 0 Å². The summed E-state index contributed by atoms with van der Waals surface area (Å²) in [5.74, 6) is 1.05. The molecule has 0 bridgehead atoms. The lowest BCUT2D eigenvalue weighted by atomic mass is 10.1. The van der Waals surface area contributed by atoms with Crippen LogP contribution in [-0.2, 0) is 13.5 Å². The van der Waals surface area contributed by atoms with Crippen molar-refractivity contribution in [1.29, 1.82) is 0 Å². The molecule has 0 aliphatic heterocycles. The molecular formula is C23H20N4O3S. The first-order valence-electron chi connectivity index (χ1n) is 9.72. The van der Waals surface area contributed by atoms with Crippen molar-refractivity contribution in [2.45, 2.75) is 6.42 Å². The van der Waals surface area contributed by atoms with Crippen LogP contribution in [0.1, 0.15) is 21.6 Å². The Labute approximate surface area is 183 Å². The van der Waals surface area contributed by atoms with Gasteiger partial charge in [0.25, 0.3) is 5.91 Å². The maximum Gasteiger partial charge on any atom is 0.278 e. The van der Waals surface area contributed by atoms with Gasteiger partial charge in [-0.05, 0) is 17.7 Å². The standard InChI is InChI=1S/C23H20N4O3S/c1-27-21-15-11-19(30-3)18(29-2)10-14(15)9-16(21)20(26-27)22(28)25-23-24-17(12-31-23)13-7-5-4-6-8-13/h4-8,10-12H,9H2,1-3H3,(H,24,25,28). The summed E-state index contributed by atoms with van der Waals surface area (Å²) in [6.07, 6.45) is 0.606. The minimum Gasteiger partial charge on any atom is -0.493 e. The van der Waals surface area contributed by atoms with Crippen LogP contribution in [0.2, 0.25) is 0 Å². The second-order valence-corrected chi connectivity index (χ2v) is 8.06. The first-order chi connectivity index (χ1) is 15.1. The van der Waals surface area contributed by atoms with E-state index in [1.54, 1.807) is 18.9 Å². The average Bonchev–Trinajstić information content (AvgIpc) is 3.48. The Morgan fingerprint density at radius 2 is 1.87 bits per heavy atom. The molecule has 0 saturated carbocycles. The zero-order valence-corrected chi connectivity index (χ0v) is 18.1. The minimum absolute atomic E-state index is 0.266. The number of aryl methyl sites for hydroxylation is 1. The normalized spacial score (nSPS) is 11.7. The second kappa shape index (κ2) is 7.55. The summed E-state index contributed by atoms with van der Waals surface area (Å²) in [6, 6.07) is 13.8. The molecule has 0 saturated heterocycles. The summed E-state index contributed by atoms with van der Waals surface area (Å²) in [5.41, 5.74) is 6.14. The number of anilines is 1. The molecule has 0 fully saturated rings. The third-order valence-electron chi connectivity index (χ3n) is 5.39. The van der Waals surface area contributed by atoms with Crippen LogP contribution in [0.5, 0.6) is 11.5 Å². The number of thiazole rings is 1. The molecule has 31 heavy (non-hydrogen) atoms. The summed E-state index contributed by atoms with van der Waals surface area (Å²) in [5, 5.41) is 9.88. The summed E-state index contributed by atoms with van der Waals surface area (Å²) < 4.78 is 12.6. The van der Waals surface area contributed by atoms with E-state index in [4.69, 9.17) is 9.47 Å². The van der Waals surface area contributed by atoms with E-state index in [1.807, 2.05) is 54.9 Å². The molecule has 7 nitrogen and oxygen atoms in total. The fourth-order valence-corrected chi connectivity index (χ4v) is 4.68. The average molecular weight is 433 g/mol. The predicted octanol–water partition coefficient (Wildman–Crippen LogP) is 4.38. The number of hydrogen-bond acceptors (Lipinski definition) is 6. The number of methoxy groups -OCH3 is 2. The zero-order chi connectivity index (χ0) is 21.5. The number of nitrogens with zero attached hydrogens (tertiary/aromatic N) is 3. The fourth-order valence-electron chi connectivity index (χ4n) is 3.96. The number of nitrogens with one attached hydrogen (secondary N) is 1. The second-order valence-electron chi connectivity index (χ2n) is 7.20. The third-order valence-corrected chi connectivity index (χ3v) is 6.14. The Morgan fingerprint density at radius 1 is 1.13 bits per heavy atom. The minimum atomic E-state index is -0.266. The number of fused-ring (bicyclic) bond motifs is 3. The van der Waals surface area contributed by atoms with E-state index in [2.05, 4.69) is 15.4 Å². The largest absolute Gasteiger partial charge is 0.493 e. The molecule has 2 aromatic heterocycles. The Kier molecular flexibility index (Phi) is 4.71. The van der Waals surface area contributed by atoms with Crippen molar-refractivity contribution < 1.29 is 14.3 Å². The molecule has 1 aliphatic carbocycles. The van der Waals surface area contributed by atoms with Crippen molar-refractivity contribution in [2.75, 3.05) is 19.5 Å². The van der Waals surface area contributed by atoms with Crippen LogP contribution in [0.15, 0.2) is 47.8 Å². The summed E-state index contributed by atoms with van der Waals surface area (Å²) in [6.45, 7) is 0. The van der Waals surface area contributed by atoms with Crippen molar-refractivity contribution >= 4 is 22.4 Å².